The van der Waals surface area contributed by atoms with Gasteiger partial charge in [-0.05, 0) is 78.3 Å². The van der Waals surface area contributed by atoms with E-state index in [-0.39, 0.29) is 11.8 Å². The van der Waals surface area contributed by atoms with Gasteiger partial charge in [0.2, 0.25) is 10.0 Å². The van der Waals surface area contributed by atoms with Crippen LogP contribution >= 0.6 is 0 Å². The third kappa shape index (κ3) is 5.21. The predicted molar refractivity (Wildman–Crippen MR) is 173 cm³/mol. The molecule has 0 saturated carbocycles. The van der Waals surface area contributed by atoms with Crippen LogP contribution in [0.4, 0.5) is 0 Å². The van der Waals surface area contributed by atoms with E-state index in [1.807, 2.05) is 31.2 Å². The first kappa shape index (κ1) is 28.1. The van der Waals surface area contributed by atoms with Gasteiger partial charge in [-0.2, -0.15) is 4.31 Å². The maximum absolute atomic E-state index is 13.9. The molecule has 1 heterocycles. The highest BCUT2D eigenvalue weighted by Gasteiger charge is 2.46. The van der Waals surface area contributed by atoms with Gasteiger partial charge in [0.05, 0.1) is 4.90 Å². The van der Waals surface area contributed by atoms with E-state index in [1.165, 1.54) is 39.0 Å². The molecular weight excluding hydrogens is 534 g/mol. The fourth-order valence-corrected chi connectivity index (χ4v) is 8.10. The number of benzene rings is 4. The minimum Gasteiger partial charge on any atom is -0.207 e. The Hall–Kier alpha value is -3.99. The second kappa shape index (κ2) is 11.4. The van der Waals surface area contributed by atoms with Crippen LogP contribution in [0.3, 0.4) is 0 Å². The second-order valence-electron chi connectivity index (χ2n) is 11.8. The van der Waals surface area contributed by atoms with Gasteiger partial charge in [0, 0.05) is 24.9 Å². The van der Waals surface area contributed by atoms with E-state index in [2.05, 4.69) is 93.2 Å². The van der Waals surface area contributed by atoms with Crippen LogP contribution in [0.25, 0.3) is 16.7 Å². The van der Waals surface area contributed by atoms with Gasteiger partial charge in [0.1, 0.15) is 0 Å². The lowest BCUT2D eigenvalue weighted by Crippen LogP contribution is -2.29. The molecule has 0 bridgehead atoms. The highest BCUT2D eigenvalue weighted by Crippen LogP contribution is 2.51. The molecule has 0 unspecified atom stereocenters. The average molecular weight is 572 g/mol. The monoisotopic (exact) mass is 571 g/mol. The second-order valence-corrected chi connectivity index (χ2v) is 13.7. The predicted octanol–water partition coefficient (Wildman–Crippen LogP) is 8.50. The summed E-state index contributed by atoms with van der Waals surface area (Å²) in [5.74, 6) is 0.0750. The summed E-state index contributed by atoms with van der Waals surface area (Å²) in [7, 11) is -3.64. The van der Waals surface area contributed by atoms with Crippen LogP contribution in [0.5, 0.6) is 0 Å². The van der Waals surface area contributed by atoms with Crippen molar-refractivity contribution in [1.82, 2.24) is 4.31 Å². The standard InChI is InChI=1S/C38H37NO2S/c1-26(2)37-28(4)35-24-39(42(40,41)33-21-15-27(3)16-22-33)25-36(35)34(38(37)32-13-9-6-10-14-32)23-29-17-19-31(20-18-29)30-11-7-5-8-12-30/h5-22,35-36H,4,23-25H2,1-3H3/t35-,36+/m1/s1. The highest BCUT2D eigenvalue weighted by atomic mass is 32.2. The first-order valence-electron chi connectivity index (χ1n) is 14.6. The van der Waals surface area contributed by atoms with Gasteiger partial charge >= 0.3 is 0 Å². The van der Waals surface area contributed by atoms with Gasteiger partial charge in [-0.25, -0.2) is 8.42 Å². The van der Waals surface area contributed by atoms with Crippen LogP contribution in [0.15, 0.2) is 143 Å². The van der Waals surface area contributed by atoms with E-state index in [0.717, 1.165) is 23.1 Å². The van der Waals surface area contributed by atoms with Crippen molar-refractivity contribution in [2.24, 2.45) is 11.8 Å². The number of hydrogen-bond acceptors (Lipinski definition) is 2. The van der Waals surface area contributed by atoms with Crippen molar-refractivity contribution >= 4 is 15.6 Å². The number of nitrogens with zero attached hydrogens (tertiary/aromatic N) is 1. The molecule has 42 heavy (non-hydrogen) atoms. The van der Waals surface area contributed by atoms with Gasteiger partial charge in [-0.1, -0.05) is 120 Å². The van der Waals surface area contributed by atoms with Gasteiger partial charge < -0.3 is 0 Å². The van der Waals surface area contributed by atoms with Gasteiger partial charge in [-0.15, -0.1) is 0 Å². The molecule has 0 N–H and O–H groups in total. The van der Waals surface area contributed by atoms with Crippen LogP contribution in [-0.2, 0) is 16.4 Å². The van der Waals surface area contributed by atoms with Crippen LogP contribution in [-0.4, -0.2) is 25.8 Å². The normalized spacial score (nSPS) is 19.2. The molecule has 2 atom stereocenters. The zero-order valence-corrected chi connectivity index (χ0v) is 25.4. The summed E-state index contributed by atoms with van der Waals surface area (Å²) < 4.78 is 29.4. The number of rotatable bonds is 6. The molecule has 1 saturated heterocycles. The maximum atomic E-state index is 13.9. The number of sulfonamides is 1. The van der Waals surface area contributed by atoms with E-state index in [0.29, 0.717) is 18.0 Å². The topological polar surface area (TPSA) is 37.4 Å². The average Bonchev–Trinajstić information content (AvgIpc) is 3.47. The first-order valence-corrected chi connectivity index (χ1v) is 16.0. The van der Waals surface area contributed by atoms with Gasteiger partial charge in [0.25, 0.3) is 0 Å². The van der Waals surface area contributed by atoms with E-state index in [9.17, 15) is 8.42 Å². The van der Waals surface area contributed by atoms with E-state index in [1.54, 1.807) is 16.4 Å². The van der Waals surface area contributed by atoms with Crippen molar-refractivity contribution in [2.75, 3.05) is 13.1 Å². The number of allylic oxidation sites excluding steroid dienone is 3. The Balaban J connectivity index is 1.45. The maximum Gasteiger partial charge on any atom is 0.243 e. The van der Waals surface area contributed by atoms with Crippen molar-refractivity contribution < 1.29 is 8.42 Å². The summed E-state index contributed by atoms with van der Waals surface area (Å²) in [4.78, 5) is 0.352. The van der Waals surface area contributed by atoms with Crippen molar-refractivity contribution in [3.8, 4) is 11.1 Å². The number of fused-ring (bicyclic) bond motifs is 1. The van der Waals surface area contributed by atoms with Crippen molar-refractivity contribution in [2.45, 2.75) is 32.1 Å². The van der Waals surface area contributed by atoms with Crippen molar-refractivity contribution in [3.05, 3.63) is 155 Å². The van der Waals surface area contributed by atoms with Crippen LogP contribution < -0.4 is 0 Å². The summed E-state index contributed by atoms with van der Waals surface area (Å²) in [6.45, 7) is 11.8. The third-order valence-corrected chi connectivity index (χ3v) is 10.6. The summed E-state index contributed by atoms with van der Waals surface area (Å²) in [5.41, 5.74) is 11.7. The Bertz CT molecular complexity index is 1780. The molecule has 0 radical (unpaired) electrons. The molecule has 3 nitrogen and oxygen atoms in total. The highest BCUT2D eigenvalue weighted by molar-refractivity contribution is 7.89. The number of hydrogen-bond donors (Lipinski definition) is 0. The largest absolute Gasteiger partial charge is 0.243 e. The Morgan fingerprint density at radius 2 is 1.29 bits per heavy atom. The molecule has 0 aromatic heterocycles. The quantitative estimate of drug-likeness (QED) is 0.233. The lowest BCUT2D eigenvalue weighted by atomic mass is 9.68. The summed E-state index contributed by atoms with van der Waals surface area (Å²) in [5, 5.41) is 0. The Kier molecular flexibility index (Phi) is 7.61. The van der Waals surface area contributed by atoms with E-state index >= 15 is 0 Å². The van der Waals surface area contributed by atoms with Crippen molar-refractivity contribution in [1.29, 1.82) is 0 Å². The van der Waals surface area contributed by atoms with Crippen LogP contribution in [0.2, 0.25) is 0 Å². The van der Waals surface area contributed by atoms with Gasteiger partial charge in [0.15, 0.2) is 0 Å². The molecule has 4 aromatic carbocycles. The van der Waals surface area contributed by atoms with E-state index in [4.69, 9.17) is 0 Å². The zero-order valence-electron chi connectivity index (χ0n) is 24.5. The lowest BCUT2D eigenvalue weighted by molar-refractivity contribution is 0.466. The molecule has 212 valence electrons. The smallest absolute Gasteiger partial charge is 0.207 e. The molecule has 0 spiro atoms. The Morgan fingerprint density at radius 1 is 0.738 bits per heavy atom. The first-order chi connectivity index (χ1) is 20.2. The Morgan fingerprint density at radius 3 is 1.88 bits per heavy atom. The van der Waals surface area contributed by atoms with E-state index < -0.39 is 10.0 Å². The molecule has 2 aliphatic rings. The minimum atomic E-state index is -3.64. The summed E-state index contributed by atoms with van der Waals surface area (Å²) >= 11 is 0. The minimum absolute atomic E-state index is 0.0289. The molecule has 4 heteroatoms. The Labute approximate surface area is 250 Å². The van der Waals surface area contributed by atoms with Gasteiger partial charge in [-0.3, -0.25) is 0 Å². The summed E-state index contributed by atoms with van der Waals surface area (Å²) in [6, 6.07) is 37.0. The molecule has 1 fully saturated rings. The van der Waals surface area contributed by atoms with Crippen LogP contribution in [0, 0.1) is 18.8 Å². The molecule has 1 aliphatic carbocycles. The molecule has 6 rings (SSSR count). The fraction of sp³-hybridized carbons (Fsp3) is 0.211. The molecule has 4 aromatic rings. The van der Waals surface area contributed by atoms with Crippen molar-refractivity contribution in [3.63, 3.8) is 0 Å². The molecular formula is C38H37NO2S. The number of aryl methyl sites for hydroxylation is 1. The molecule has 0 amide bonds. The third-order valence-electron chi connectivity index (χ3n) is 8.75. The van der Waals surface area contributed by atoms with Crippen LogP contribution in [0.1, 0.15) is 30.5 Å². The fourth-order valence-electron chi connectivity index (χ4n) is 6.61. The SMILES string of the molecule is C=C1C(=C(C)C)C(c2ccccc2)=C(Cc2ccc(-c3ccccc3)cc2)[C@@H]2CN(S(=O)(=O)c3ccc(C)cc3)C[C@H]12. The molecule has 1 aliphatic heterocycles. The summed E-state index contributed by atoms with van der Waals surface area (Å²) in [6.07, 6.45) is 0.753. The lowest BCUT2D eigenvalue weighted by Gasteiger charge is -2.36. The zero-order chi connectivity index (χ0) is 29.4.